The van der Waals surface area contributed by atoms with Gasteiger partial charge in [0.2, 0.25) is 0 Å². The average Bonchev–Trinajstić information content (AvgIpc) is 2.97. The van der Waals surface area contributed by atoms with E-state index in [9.17, 15) is 0 Å². The zero-order chi connectivity index (χ0) is 18.8. The van der Waals surface area contributed by atoms with E-state index < -0.39 is 0 Å². The highest BCUT2D eigenvalue weighted by atomic mass is 14.9. The number of rotatable bonds is 3. The Bertz CT molecular complexity index is 886. The quantitative estimate of drug-likeness (QED) is 0.599. The maximum Gasteiger partial charge on any atom is 0.0519 e. The summed E-state index contributed by atoms with van der Waals surface area (Å²) in [5, 5.41) is 2.45. The molecule has 0 aliphatic heterocycles. The van der Waals surface area contributed by atoms with Gasteiger partial charge in [-0.2, -0.15) is 0 Å². The van der Waals surface area contributed by atoms with E-state index in [-0.39, 0.29) is 6.15 Å². The van der Waals surface area contributed by atoms with Crippen LogP contribution in [0.15, 0.2) is 67.5 Å². The minimum Gasteiger partial charge on any atom is -0.344 e. The molecule has 3 aromatic rings. The van der Waals surface area contributed by atoms with Gasteiger partial charge < -0.3 is 16.5 Å². The van der Waals surface area contributed by atoms with Crippen LogP contribution in [0.2, 0.25) is 0 Å². The molecular weight excluding hydrogens is 320 g/mol. The smallest absolute Gasteiger partial charge is 0.0519 e. The number of nitrogens with zero attached hydrogens (tertiary/aromatic N) is 2. The number of aromatic nitrogens is 2. The fourth-order valence-electron chi connectivity index (χ4n) is 2.68. The molecule has 0 atom stereocenters. The normalized spacial score (nSPS) is 10.6. The van der Waals surface area contributed by atoms with Gasteiger partial charge in [0.1, 0.15) is 0 Å². The lowest BCUT2D eigenvalue weighted by Crippen LogP contribution is -1.86. The number of hydrogen-bond acceptors (Lipinski definition) is 3. The van der Waals surface area contributed by atoms with Gasteiger partial charge in [-0.1, -0.05) is 50.8 Å². The van der Waals surface area contributed by atoms with E-state index in [2.05, 4.69) is 66.2 Å². The van der Waals surface area contributed by atoms with Gasteiger partial charge in [0, 0.05) is 35.7 Å². The van der Waals surface area contributed by atoms with Crippen LogP contribution in [0.25, 0.3) is 27.4 Å². The van der Waals surface area contributed by atoms with Gasteiger partial charge in [-0.15, -0.1) is 0 Å². The summed E-state index contributed by atoms with van der Waals surface area (Å²) in [6.07, 6.45) is 11.6. The number of nitrogens with two attached hydrogens (primary N) is 1. The van der Waals surface area contributed by atoms with Crippen LogP contribution < -0.4 is 11.9 Å². The highest BCUT2D eigenvalue weighted by molar-refractivity contribution is 6.08. The third kappa shape index (κ3) is 4.91. The van der Waals surface area contributed by atoms with Gasteiger partial charge in [-0.3, -0.25) is 4.98 Å². The highest BCUT2D eigenvalue weighted by Crippen LogP contribution is 2.29. The van der Waals surface area contributed by atoms with Gasteiger partial charge in [-0.25, -0.2) is 0 Å². The van der Waals surface area contributed by atoms with Crippen molar-refractivity contribution in [1.29, 1.82) is 0 Å². The molecular formula is C22H32N4. The molecule has 0 bridgehead atoms. The molecule has 0 fully saturated rings. The molecule has 4 heteroatoms. The number of fused-ring (bicyclic) bond motifs is 3. The van der Waals surface area contributed by atoms with Crippen LogP contribution in [0, 0.1) is 0 Å². The van der Waals surface area contributed by atoms with Crippen LogP contribution >= 0.6 is 0 Å². The second kappa shape index (κ2) is 11.8. The number of allylic oxidation sites excluding steroid dienone is 5. The minimum atomic E-state index is 0. The van der Waals surface area contributed by atoms with Crippen molar-refractivity contribution in [1.82, 2.24) is 15.7 Å². The lowest BCUT2D eigenvalue weighted by atomic mass is 10.0. The van der Waals surface area contributed by atoms with Crippen molar-refractivity contribution in [3.05, 3.63) is 73.1 Å². The van der Waals surface area contributed by atoms with Gasteiger partial charge >= 0.3 is 0 Å². The van der Waals surface area contributed by atoms with Gasteiger partial charge in [0.25, 0.3) is 0 Å². The summed E-state index contributed by atoms with van der Waals surface area (Å²) in [7, 11) is 3.60. The molecule has 0 saturated heterocycles. The maximum absolute atomic E-state index is 4.50. The Balaban J connectivity index is 0.00000117. The molecule has 0 radical (unpaired) electrons. The number of hydrogen-bond donors (Lipinski definition) is 2. The zero-order valence-corrected chi connectivity index (χ0v) is 16.7. The summed E-state index contributed by atoms with van der Waals surface area (Å²) < 4.78 is 2.22. The summed E-state index contributed by atoms with van der Waals surface area (Å²) in [5.41, 5.74) is 9.41. The van der Waals surface area contributed by atoms with Crippen molar-refractivity contribution in [3.8, 4) is 0 Å². The third-order valence-corrected chi connectivity index (χ3v) is 3.86. The van der Waals surface area contributed by atoms with Crippen LogP contribution in [0.1, 0.15) is 26.3 Å². The van der Waals surface area contributed by atoms with Crippen molar-refractivity contribution in [2.75, 3.05) is 7.05 Å². The molecule has 2 heterocycles. The first-order valence-electron chi connectivity index (χ1n) is 8.58. The monoisotopic (exact) mass is 352 g/mol. The topological polar surface area (TPSA) is 78.8 Å². The molecule has 0 spiro atoms. The number of pyridine rings is 1. The average molecular weight is 353 g/mol. The van der Waals surface area contributed by atoms with Crippen molar-refractivity contribution in [3.63, 3.8) is 0 Å². The second-order valence-corrected chi connectivity index (χ2v) is 5.15. The van der Waals surface area contributed by atoms with Crippen LogP contribution in [-0.2, 0) is 7.05 Å². The van der Waals surface area contributed by atoms with Crippen LogP contribution in [0.4, 0.5) is 0 Å². The van der Waals surface area contributed by atoms with Crippen LogP contribution in [-0.4, -0.2) is 16.6 Å². The minimum absolute atomic E-state index is 0. The summed E-state index contributed by atoms with van der Waals surface area (Å²) in [6, 6.07) is 8.65. The fourth-order valence-corrected chi connectivity index (χ4v) is 2.68. The number of aryl methyl sites for hydroxylation is 1. The van der Waals surface area contributed by atoms with E-state index in [1.165, 1.54) is 40.0 Å². The Morgan fingerprint density at radius 3 is 2.38 bits per heavy atom. The summed E-state index contributed by atoms with van der Waals surface area (Å²) in [5.74, 6) is 0. The number of benzene rings is 1. The van der Waals surface area contributed by atoms with E-state index in [1.807, 2.05) is 38.4 Å². The van der Waals surface area contributed by atoms with Gasteiger partial charge in [-0.05, 0) is 43.3 Å². The molecule has 4 nitrogen and oxygen atoms in total. The SMILES string of the molecule is C=C/C=C\C=C(/C)c1ccc2c(c1)c1cnccc1n2C.CC.CN.N. The van der Waals surface area contributed by atoms with Crippen molar-refractivity contribution in [2.45, 2.75) is 20.8 Å². The molecule has 0 aliphatic carbocycles. The van der Waals surface area contributed by atoms with Gasteiger partial charge in [0.15, 0.2) is 0 Å². The highest BCUT2D eigenvalue weighted by Gasteiger charge is 2.08. The molecule has 0 saturated carbocycles. The first kappa shape index (κ1) is 23.3. The van der Waals surface area contributed by atoms with E-state index in [0.29, 0.717) is 0 Å². The summed E-state index contributed by atoms with van der Waals surface area (Å²) >= 11 is 0. The van der Waals surface area contributed by atoms with E-state index >= 15 is 0 Å². The lowest BCUT2D eigenvalue weighted by molar-refractivity contribution is 1.01. The maximum atomic E-state index is 4.50. The molecule has 2 aromatic heterocycles. The van der Waals surface area contributed by atoms with E-state index in [1.54, 1.807) is 6.08 Å². The molecule has 1 aromatic carbocycles. The van der Waals surface area contributed by atoms with Crippen molar-refractivity contribution < 1.29 is 0 Å². The molecule has 3 rings (SSSR count). The Morgan fingerprint density at radius 1 is 1.08 bits per heavy atom. The molecule has 0 aliphatic rings. The zero-order valence-electron chi connectivity index (χ0n) is 16.7. The molecule has 0 unspecified atom stereocenters. The Hall–Kier alpha value is -2.69. The largest absolute Gasteiger partial charge is 0.344 e. The Labute approximate surface area is 157 Å². The molecule has 5 N–H and O–H groups in total. The fraction of sp³-hybridized carbons (Fsp3) is 0.227. The lowest BCUT2D eigenvalue weighted by Gasteiger charge is -2.02. The van der Waals surface area contributed by atoms with Crippen LogP contribution in [0.5, 0.6) is 0 Å². The predicted octanol–water partition coefficient (Wildman–Crippen LogP) is 5.64. The Kier molecular flexibility index (Phi) is 10.6. The third-order valence-electron chi connectivity index (χ3n) is 3.86. The van der Waals surface area contributed by atoms with Crippen LogP contribution in [0.3, 0.4) is 0 Å². The van der Waals surface area contributed by atoms with Crippen molar-refractivity contribution in [2.24, 2.45) is 12.8 Å². The first-order chi connectivity index (χ1) is 12.2. The standard InChI is InChI=1S/C19H18N2.C2H6.CH5N.H3N/c1-4-5-6-7-14(2)15-8-9-18-16(12-15)17-13-20-11-10-19(17)21(18)3;2*1-2;/h4-13H,1H2,2-3H3;1-2H3;2H2,1H3;1H3/b6-5-,14-7+;;;. The van der Waals surface area contributed by atoms with E-state index in [0.717, 1.165) is 0 Å². The molecule has 0 amide bonds. The van der Waals surface area contributed by atoms with Gasteiger partial charge in [0.05, 0.1) is 5.52 Å². The summed E-state index contributed by atoms with van der Waals surface area (Å²) in [4.78, 5) is 4.26. The Morgan fingerprint density at radius 2 is 1.73 bits per heavy atom. The molecule has 140 valence electrons. The van der Waals surface area contributed by atoms with Crippen molar-refractivity contribution >= 4 is 27.4 Å². The first-order valence-corrected chi connectivity index (χ1v) is 8.58. The molecule has 26 heavy (non-hydrogen) atoms. The summed E-state index contributed by atoms with van der Waals surface area (Å²) in [6.45, 7) is 9.81. The second-order valence-electron chi connectivity index (χ2n) is 5.15. The predicted molar refractivity (Wildman–Crippen MR) is 118 cm³/mol. The van der Waals surface area contributed by atoms with E-state index in [4.69, 9.17) is 0 Å².